The van der Waals surface area contributed by atoms with Crippen LogP contribution in [-0.4, -0.2) is 30.8 Å². The van der Waals surface area contributed by atoms with Crippen LogP contribution in [0.3, 0.4) is 0 Å². The number of amides is 3. The highest BCUT2D eigenvalue weighted by molar-refractivity contribution is 6.30. The molecule has 0 radical (unpaired) electrons. The molecule has 0 spiro atoms. The third-order valence-corrected chi connectivity index (χ3v) is 4.46. The van der Waals surface area contributed by atoms with Gasteiger partial charge < -0.3 is 15.5 Å². The van der Waals surface area contributed by atoms with Crippen molar-refractivity contribution in [2.75, 3.05) is 23.3 Å². The van der Waals surface area contributed by atoms with Gasteiger partial charge in [0, 0.05) is 35.4 Å². The van der Waals surface area contributed by atoms with Crippen LogP contribution in [-0.2, 0) is 14.4 Å². The summed E-state index contributed by atoms with van der Waals surface area (Å²) in [5.41, 5.74) is 0.581. The van der Waals surface area contributed by atoms with Gasteiger partial charge in [-0.05, 0) is 36.4 Å². The van der Waals surface area contributed by atoms with Gasteiger partial charge in [0.2, 0.25) is 17.7 Å². The number of hydrogen-bond acceptors (Lipinski definition) is 3. The predicted octanol–water partition coefficient (Wildman–Crippen LogP) is 2.73. The van der Waals surface area contributed by atoms with Crippen LogP contribution < -0.4 is 15.5 Å². The highest BCUT2D eigenvalue weighted by Gasteiger charge is 2.35. The zero-order valence-corrected chi connectivity index (χ0v) is 15.3. The molecule has 3 amide bonds. The average molecular weight is 408 g/mol. The molecule has 6 nitrogen and oxygen atoms in total. The summed E-state index contributed by atoms with van der Waals surface area (Å²) in [4.78, 5) is 37.5. The number of nitrogens with one attached hydrogen (secondary N) is 2. The van der Waals surface area contributed by atoms with E-state index in [1.165, 1.54) is 0 Å². The molecule has 2 aromatic rings. The lowest BCUT2D eigenvalue weighted by Gasteiger charge is -2.17. The fourth-order valence-electron chi connectivity index (χ4n) is 2.88. The number of benzene rings is 2. The maximum Gasteiger partial charge on any atom is 0.243 e. The first-order chi connectivity index (χ1) is 13.3. The molecule has 1 atom stereocenters. The number of nitrogens with zero attached hydrogens (tertiary/aromatic N) is 1. The quantitative estimate of drug-likeness (QED) is 0.800. The number of rotatable bonds is 5. The summed E-state index contributed by atoms with van der Waals surface area (Å²) in [7, 11) is 0. The van der Waals surface area contributed by atoms with Gasteiger partial charge in [0.25, 0.3) is 0 Å². The molecule has 1 fully saturated rings. The molecule has 2 N–H and O–H groups in total. The van der Waals surface area contributed by atoms with E-state index in [9.17, 15) is 23.2 Å². The van der Waals surface area contributed by atoms with Crippen molar-refractivity contribution in [3.05, 3.63) is 59.1 Å². The van der Waals surface area contributed by atoms with E-state index < -0.39 is 35.3 Å². The number of hydrogen-bond donors (Lipinski definition) is 2. The van der Waals surface area contributed by atoms with E-state index in [4.69, 9.17) is 11.6 Å². The van der Waals surface area contributed by atoms with Crippen LogP contribution >= 0.6 is 11.6 Å². The van der Waals surface area contributed by atoms with Gasteiger partial charge in [0.15, 0.2) is 0 Å². The van der Waals surface area contributed by atoms with Gasteiger partial charge in [0.1, 0.15) is 11.6 Å². The summed E-state index contributed by atoms with van der Waals surface area (Å²) in [6, 6.07) is 9.23. The van der Waals surface area contributed by atoms with Crippen molar-refractivity contribution >= 4 is 40.7 Å². The molecule has 1 unspecified atom stereocenters. The van der Waals surface area contributed by atoms with E-state index in [0.717, 1.165) is 17.0 Å². The molecule has 1 saturated heterocycles. The van der Waals surface area contributed by atoms with Gasteiger partial charge in [-0.15, -0.1) is 0 Å². The Balaban J connectivity index is 1.54. The minimum absolute atomic E-state index is 0.0215. The van der Waals surface area contributed by atoms with Crippen LogP contribution in [0, 0.1) is 17.6 Å². The van der Waals surface area contributed by atoms with Crippen molar-refractivity contribution in [3.8, 4) is 0 Å². The molecule has 0 bridgehead atoms. The second-order valence-corrected chi connectivity index (χ2v) is 6.74. The zero-order valence-electron chi connectivity index (χ0n) is 14.5. The van der Waals surface area contributed by atoms with Crippen molar-refractivity contribution in [1.82, 2.24) is 5.32 Å². The van der Waals surface area contributed by atoms with Gasteiger partial charge in [-0.1, -0.05) is 11.6 Å². The van der Waals surface area contributed by atoms with E-state index in [1.54, 1.807) is 24.3 Å². The van der Waals surface area contributed by atoms with E-state index in [1.807, 2.05) is 0 Å². The van der Waals surface area contributed by atoms with Crippen LogP contribution in [0.15, 0.2) is 42.5 Å². The van der Waals surface area contributed by atoms with Crippen LogP contribution in [0.4, 0.5) is 20.2 Å². The van der Waals surface area contributed by atoms with Crippen molar-refractivity contribution in [3.63, 3.8) is 0 Å². The molecule has 1 aliphatic heterocycles. The molecule has 0 aliphatic carbocycles. The van der Waals surface area contributed by atoms with E-state index >= 15 is 0 Å². The largest absolute Gasteiger partial charge is 0.347 e. The molecule has 1 aliphatic rings. The fourth-order valence-corrected chi connectivity index (χ4v) is 3.00. The Labute approximate surface area is 164 Å². The van der Waals surface area contributed by atoms with Gasteiger partial charge in [-0.25, -0.2) is 8.78 Å². The highest BCUT2D eigenvalue weighted by atomic mass is 35.5. The number of anilines is 2. The number of carbonyl (C=O) groups is 3. The van der Waals surface area contributed by atoms with E-state index in [-0.39, 0.29) is 25.2 Å². The lowest BCUT2D eigenvalue weighted by atomic mass is 10.1. The molecule has 9 heteroatoms. The summed E-state index contributed by atoms with van der Waals surface area (Å²) >= 11 is 5.77. The van der Waals surface area contributed by atoms with Crippen LogP contribution in [0.1, 0.15) is 6.42 Å². The van der Waals surface area contributed by atoms with Gasteiger partial charge in [-0.2, -0.15) is 0 Å². The Morgan fingerprint density at radius 3 is 2.39 bits per heavy atom. The second kappa shape index (κ2) is 8.35. The van der Waals surface area contributed by atoms with Crippen molar-refractivity contribution < 1.29 is 23.2 Å². The minimum atomic E-state index is -0.811. The molecule has 0 aromatic heterocycles. The smallest absolute Gasteiger partial charge is 0.243 e. The fraction of sp³-hybridized carbons (Fsp3) is 0.211. The normalized spacial score (nSPS) is 16.2. The minimum Gasteiger partial charge on any atom is -0.347 e. The van der Waals surface area contributed by atoms with E-state index in [0.29, 0.717) is 16.8 Å². The summed E-state index contributed by atoms with van der Waals surface area (Å²) in [5.74, 6) is -3.69. The first kappa shape index (κ1) is 19.8. The molecule has 146 valence electrons. The number of halogens is 3. The Kier molecular flexibility index (Phi) is 5.89. The zero-order chi connectivity index (χ0) is 20.3. The first-order valence-electron chi connectivity index (χ1n) is 8.41. The van der Waals surface area contributed by atoms with Crippen molar-refractivity contribution in [1.29, 1.82) is 0 Å². The Hall–Kier alpha value is -3.00. The van der Waals surface area contributed by atoms with Gasteiger partial charge in [0.05, 0.1) is 12.5 Å². The topological polar surface area (TPSA) is 78.5 Å². The molecule has 2 aromatic carbocycles. The Morgan fingerprint density at radius 1 is 1.11 bits per heavy atom. The predicted molar refractivity (Wildman–Crippen MR) is 99.9 cm³/mol. The lowest BCUT2D eigenvalue weighted by Crippen LogP contribution is -2.37. The van der Waals surface area contributed by atoms with Crippen LogP contribution in [0.5, 0.6) is 0 Å². The standard InChI is InChI=1S/C19H16ClF2N3O3/c20-12-1-3-15(4-2-12)24-17(26)9-23-19(28)11-5-18(27)25(10-11)16-7-13(21)6-14(22)8-16/h1-4,6-8,11H,5,9-10H2,(H,23,28)(H,24,26). The van der Waals surface area contributed by atoms with Crippen molar-refractivity contribution in [2.45, 2.75) is 6.42 Å². The summed E-state index contributed by atoms with van der Waals surface area (Å²) in [6.45, 7) is -0.299. The highest BCUT2D eigenvalue weighted by Crippen LogP contribution is 2.26. The molecular formula is C19H16ClF2N3O3. The third kappa shape index (κ3) is 4.83. The Morgan fingerprint density at radius 2 is 1.75 bits per heavy atom. The maximum absolute atomic E-state index is 13.4. The summed E-state index contributed by atoms with van der Waals surface area (Å²) < 4.78 is 26.7. The summed E-state index contributed by atoms with van der Waals surface area (Å²) in [5, 5.41) is 5.59. The van der Waals surface area contributed by atoms with Crippen LogP contribution in [0.25, 0.3) is 0 Å². The van der Waals surface area contributed by atoms with Crippen molar-refractivity contribution in [2.24, 2.45) is 5.92 Å². The molecule has 3 rings (SSSR count). The number of carbonyl (C=O) groups excluding carboxylic acids is 3. The van der Waals surface area contributed by atoms with Gasteiger partial charge >= 0.3 is 0 Å². The Bertz CT molecular complexity index is 901. The maximum atomic E-state index is 13.4. The van der Waals surface area contributed by atoms with Gasteiger partial charge in [-0.3, -0.25) is 14.4 Å². The SMILES string of the molecule is O=C(CNC(=O)C1CC(=O)N(c2cc(F)cc(F)c2)C1)Nc1ccc(Cl)cc1. The van der Waals surface area contributed by atoms with E-state index in [2.05, 4.69) is 10.6 Å². The average Bonchev–Trinajstić information content (AvgIpc) is 3.03. The molecule has 28 heavy (non-hydrogen) atoms. The molecular weight excluding hydrogens is 392 g/mol. The summed E-state index contributed by atoms with van der Waals surface area (Å²) in [6.07, 6.45) is -0.108. The van der Waals surface area contributed by atoms with Crippen LogP contribution in [0.2, 0.25) is 5.02 Å². The third-order valence-electron chi connectivity index (χ3n) is 4.21. The molecule has 0 saturated carbocycles. The monoisotopic (exact) mass is 407 g/mol. The molecule has 1 heterocycles. The lowest BCUT2D eigenvalue weighted by molar-refractivity contribution is -0.127. The first-order valence-corrected chi connectivity index (χ1v) is 8.79. The second-order valence-electron chi connectivity index (χ2n) is 6.31.